The van der Waals surface area contributed by atoms with Gasteiger partial charge in [0.15, 0.2) is 0 Å². The number of pyridine rings is 1. The van der Waals surface area contributed by atoms with Gasteiger partial charge in [0.05, 0.1) is 11.4 Å². The first-order valence-corrected chi connectivity index (χ1v) is 6.70. The van der Waals surface area contributed by atoms with Gasteiger partial charge in [-0.3, -0.25) is 4.98 Å². The fourth-order valence-electron chi connectivity index (χ4n) is 2.82. The minimum absolute atomic E-state index is 0.817. The predicted octanol–water partition coefficient (Wildman–Crippen LogP) is 3.42. The van der Waals surface area contributed by atoms with Crippen molar-refractivity contribution in [1.29, 1.82) is 0 Å². The Morgan fingerprint density at radius 2 is 2.06 bits per heavy atom. The summed E-state index contributed by atoms with van der Waals surface area (Å²) in [6.07, 6.45) is 9.11. The molecule has 0 saturated heterocycles. The summed E-state index contributed by atoms with van der Waals surface area (Å²) in [5, 5.41) is 5.68. The standard InChI is InChI=1S/C15H19N3/c16-15-13-7-8-17-10-12(13)5-6-14(15)18-9-11-3-1-2-4-11/h5-8,10-11,18H,1-4,9,16H2. The van der Waals surface area contributed by atoms with E-state index in [-0.39, 0.29) is 0 Å². The van der Waals surface area contributed by atoms with Crippen molar-refractivity contribution in [1.82, 2.24) is 4.98 Å². The number of nitrogens with two attached hydrogens (primary N) is 1. The van der Waals surface area contributed by atoms with Crippen LogP contribution in [0.4, 0.5) is 11.4 Å². The van der Waals surface area contributed by atoms with Crippen LogP contribution < -0.4 is 11.1 Å². The number of anilines is 2. The van der Waals surface area contributed by atoms with Gasteiger partial charge in [-0.25, -0.2) is 0 Å². The van der Waals surface area contributed by atoms with Gasteiger partial charge in [-0.2, -0.15) is 0 Å². The summed E-state index contributed by atoms with van der Waals surface area (Å²) in [6.45, 7) is 1.04. The van der Waals surface area contributed by atoms with E-state index in [1.165, 1.54) is 25.7 Å². The molecule has 0 bridgehead atoms. The van der Waals surface area contributed by atoms with Crippen LogP contribution >= 0.6 is 0 Å². The molecule has 0 unspecified atom stereocenters. The van der Waals surface area contributed by atoms with E-state index >= 15 is 0 Å². The van der Waals surface area contributed by atoms with Crippen LogP contribution in [0.5, 0.6) is 0 Å². The van der Waals surface area contributed by atoms with E-state index in [2.05, 4.69) is 22.4 Å². The molecule has 0 atom stereocenters. The molecule has 1 aliphatic rings. The van der Waals surface area contributed by atoms with Crippen LogP contribution in [-0.4, -0.2) is 11.5 Å². The van der Waals surface area contributed by atoms with E-state index in [9.17, 15) is 0 Å². The molecule has 1 heterocycles. The number of hydrogen-bond donors (Lipinski definition) is 2. The van der Waals surface area contributed by atoms with Gasteiger partial charge in [0.1, 0.15) is 0 Å². The van der Waals surface area contributed by atoms with Gasteiger partial charge in [0, 0.05) is 29.7 Å². The van der Waals surface area contributed by atoms with E-state index in [0.29, 0.717) is 0 Å². The molecular formula is C15H19N3. The Morgan fingerprint density at radius 1 is 1.22 bits per heavy atom. The largest absolute Gasteiger partial charge is 0.397 e. The van der Waals surface area contributed by atoms with Crippen molar-refractivity contribution < 1.29 is 0 Å². The molecule has 1 aliphatic carbocycles. The Balaban J connectivity index is 1.81. The first kappa shape index (κ1) is 11.3. The lowest BCUT2D eigenvalue weighted by molar-refractivity contribution is 0.580. The molecule has 0 spiro atoms. The van der Waals surface area contributed by atoms with Gasteiger partial charge in [-0.05, 0) is 30.9 Å². The third kappa shape index (κ3) is 2.13. The van der Waals surface area contributed by atoms with Gasteiger partial charge in [0.25, 0.3) is 0 Å². The number of fused-ring (bicyclic) bond motifs is 1. The van der Waals surface area contributed by atoms with Crippen molar-refractivity contribution in [2.45, 2.75) is 25.7 Å². The Hall–Kier alpha value is -1.77. The Labute approximate surface area is 107 Å². The second-order valence-corrected chi connectivity index (χ2v) is 5.15. The van der Waals surface area contributed by atoms with E-state index < -0.39 is 0 Å². The number of nitrogen functional groups attached to an aromatic ring is 1. The summed E-state index contributed by atoms with van der Waals surface area (Å²) < 4.78 is 0. The normalized spacial score (nSPS) is 16.2. The summed E-state index contributed by atoms with van der Waals surface area (Å²) in [4.78, 5) is 4.12. The van der Waals surface area contributed by atoms with Gasteiger partial charge in [-0.15, -0.1) is 0 Å². The van der Waals surface area contributed by atoms with Crippen LogP contribution in [0.3, 0.4) is 0 Å². The third-order valence-corrected chi connectivity index (χ3v) is 3.92. The molecule has 0 amide bonds. The smallest absolute Gasteiger partial charge is 0.0630 e. The summed E-state index contributed by atoms with van der Waals surface area (Å²) >= 11 is 0. The maximum absolute atomic E-state index is 6.21. The average molecular weight is 241 g/mol. The highest BCUT2D eigenvalue weighted by atomic mass is 14.9. The van der Waals surface area contributed by atoms with E-state index in [1.807, 2.05) is 12.3 Å². The first-order valence-electron chi connectivity index (χ1n) is 6.70. The SMILES string of the molecule is Nc1c(NCC2CCCC2)ccc2cnccc12. The number of hydrogen-bond acceptors (Lipinski definition) is 3. The van der Waals surface area contributed by atoms with Crippen molar-refractivity contribution in [3.8, 4) is 0 Å². The topological polar surface area (TPSA) is 50.9 Å². The predicted molar refractivity (Wildman–Crippen MR) is 76.6 cm³/mol. The number of rotatable bonds is 3. The van der Waals surface area contributed by atoms with E-state index in [0.717, 1.165) is 34.6 Å². The highest BCUT2D eigenvalue weighted by Gasteiger charge is 2.15. The zero-order chi connectivity index (χ0) is 12.4. The fourth-order valence-corrected chi connectivity index (χ4v) is 2.82. The van der Waals surface area contributed by atoms with Crippen molar-refractivity contribution in [3.05, 3.63) is 30.6 Å². The number of benzene rings is 1. The van der Waals surface area contributed by atoms with Crippen molar-refractivity contribution in [2.24, 2.45) is 5.92 Å². The van der Waals surface area contributed by atoms with Crippen LogP contribution in [0.1, 0.15) is 25.7 Å². The zero-order valence-corrected chi connectivity index (χ0v) is 10.5. The lowest BCUT2D eigenvalue weighted by Gasteiger charge is -2.14. The molecule has 3 nitrogen and oxygen atoms in total. The van der Waals surface area contributed by atoms with Gasteiger partial charge in [0.2, 0.25) is 0 Å². The summed E-state index contributed by atoms with van der Waals surface area (Å²) in [5.41, 5.74) is 8.11. The number of aromatic nitrogens is 1. The van der Waals surface area contributed by atoms with Crippen molar-refractivity contribution >= 4 is 22.1 Å². The highest BCUT2D eigenvalue weighted by molar-refractivity contribution is 5.98. The maximum Gasteiger partial charge on any atom is 0.0630 e. The average Bonchev–Trinajstić information content (AvgIpc) is 2.91. The number of nitrogens with one attached hydrogen (secondary N) is 1. The Morgan fingerprint density at radius 3 is 2.89 bits per heavy atom. The van der Waals surface area contributed by atoms with Gasteiger partial charge in [-0.1, -0.05) is 18.9 Å². The maximum atomic E-state index is 6.21. The molecule has 1 saturated carbocycles. The molecule has 3 N–H and O–H groups in total. The highest BCUT2D eigenvalue weighted by Crippen LogP contribution is 2.30. The second-order valence-electron chi connectivity index (χ2n) is 5.15. The van der Waals surface area contributed by atoms with Gasteiger partial charge < -0.3 is 11.1 Å². The van der Waals surface area contributed by atoms with E-state index in [4.69, 9.17) is 5.73 Å². The molecule has 18 heavy (non-hydrogen) atoms. The molecule has 94 valence electrons. The number of nitrogens with zero attached hydrogens (tertiary/aromatic N) is 1. The lowest BCUT2D eigenvalue weighted by Crippen LogP contribution is -2.12. The monoisotopic (exact) mass is 241 g/mol. The molecule has 1 aromatic carbocycles. The Kier molecular flexibility index (Phi) is 3.05. The molecule has 1 fully saturated rings. The molecule has 0 aliphatic heterocycles. The van der Waals surface area contributed by atoms with Crippen LogP contribution in [0.25, 0.3) is 10.8 Å². The van der Waals surface area contributed by atoms with Crippen LogP contribution in [0.2, 0.25) is 0 Å². The lowest BCUT2D eigenvalue weighted by atomic mass is 10.1. The first-order chi connectivity index (χ1) is 8.84. The molecular weight excluding hydrogens is 222 g/mol. The van der Waals surface area contributed by atoms with Gasteiger partial charge >= 0.3 is 0 Å². The van der Waals surface area contributed by atoms with Crippen molar-refractivity contribution in [3.63, 3.8) is 0 Å². The molecule has 2 aromatic rings. The van der Waals surface area contributed by atoms with Crippen LogP contribution in [0, 0.1) is 5.92 Å². The molecule has 3 heteroatoms. The second kappa shape index (κ2) is 4.84. The third-order valence-electron chi connectivity index (χ3n) is 3.92. The molecule has 1 aromatic heterocycles. The molecule has 0 radical (unpaired) electrons. The molecule has 3 rings (SSSR count). The van der Waals surface area contributed by atoms with Crippen LogP contribution in [-0.2, 0) is 0 Å². The van der Waals surface area contributed by atoms with Crippen molar-refractivity contribution in [2.75, 3.05) is 17.6 Å². The van der Waals surface area contributed by atoms with E-state index in [1.54, 1.807) is 6.20 Å². The van der Waals surface area contributed by atoms with Crippen LogP contribution in [0.15, 0.2) is 30.6 Å². The summed E-state index contributed by atoms with van der Waals surface area (Å²) in [6, 6.07) is 6.12. The fraction of sp³-hybridized carbons (Fsp3) is 0.400. The zero-order valence-electron chi connectivity index (χ0n) is 10.5. The summed E-state index contributed by atoms with van der Waals surface area (Å²) in [7, 11) is 0. The summed E-state index contributed by atoms with van der Waals surface area (Å²) in [5.74, 6) is 0.817. The quantitative estimate of drug-likeness (QED) is 0.809. The Bertz CT molecular complexity index is 544. The minimum Gasteiger partial charge on any atom is -0.397 e. The minimum atomic E-state index is 0.817.